The number of carbonyl (C=O) groups excluding carboxylic acids is 1. The maximum Gasteiger partial charge on any atom is 0.274 e. The van der Waals surface area contributed by atoms with E-state index in [1.54, 1.807) is 12.3 Å². The van der Waals surface area contributed by atoms with E-state index in [0.717, 1.165) is 23.4 Å². The monoisotopic (exact) mass is 324 g/mol. The molecular formula is C18H20N4O2. The van der Waals surface area contributed by atoms with Gasteiger partial charge in [-0.15, -0.1) is 0 Å². The summed E-state index contributed by atoms with van der Waals surface area (Å²) in [7, 11) is 0. The fourth-order valence-corrected chi connectivity index (χ4v) is 2.56. The zero-order chi connectivity index (χ0) is 17.1. The van der Waals surface area contributed by atoms with Gasteiger partial charge in [0.05, 0.1) is 11.7 Å². The first kappa shape index (κ1) is 16.0. The van der Waals surface area contributed by atoms with Gasteiger partial charge in [0.15, 0.2) is 11.5 Å². The van der Waals surface area contributed by atoms with Crippen molar-refractivity contribution in [3.63, 3.8) is 0 Å². The third-order valence-electron chi connectivity index (χ3n) is 3.92. The van der Waals surface area contributed by atoms with Gasteiger partial charge in [0, 0.05) is 24.4 Å². The van der Waals surface area contributed by atoms with Crippen molar-refractivity contribution < 1.29 is 9.32 Å². The van der Waals surface area contributed by atoms with Crippen molar-refractivity contribution in [3.8, 4) is 11.3 Å². The van der Waals surface area contributed by atoms with Gasteiger partial charge >= 0.3 is 0 Å². The Morgan fingerprint density at radius 3 is 2.75 bits per heavy atom. The van der Waals surface area contributed by atoms with Gasteiger partial charge in [-0.1, -0.05) is 35.0 Å². The highest BCUT2D eigenvalue weighted by Gasteiger charge is 2.18. The Hall–Kier alpha value is -2.89. The normalized spacial score (nSPS) is 12.1. The van der Waals surface area contributed by atoms with Crippen LogP contribution in [0.4, 0.5) is 0 Å². The van der Waals surface area contributed by atoms with E-state index in [1.165, 1.54) is 0 Å². The predicted molar refractivity (Wildman–Crippen MR) is 90.5 cm³/mol. The van der Waals surface area contributed by atoms with Crippen LogP contribution in [0.15, 0.2) is 47.1 Å². The van der Waals surface area contributed by atoms with Gasteiger partial charge in [-0.05, 0) is 26.8 Å². The van der Waals surface area contributed by atoms with Crippen molar-refractivity contribution in [2.24, 2.45) is 0 Å². The molecule has 6 heteroatoms. The van der Waals surface area contributed by atoms with E-state index < -0.39 is 0 Å². The van der Waals surface area contributed by atoms with Crippen molar-refractivity contribution >= 4 is 5.91 Å². The molecule has 3 aromatic rings. The summed E-state index contributed by atoms with van der Waals surface area (Å²) in [6, 6.07) is 11.3. The van der Waals surface area contributed by atoms with E-state index in [9.17, 15) is 4.79 Å². The van der Waals surface area contributed by atoms with Crippen LogP contribution in [0, 0.1) is 6.92 Å². The summed E-state index contributed by atoms with van der Waals surface area (Å²) < 4.78 is 7.15. The summed E-state index contributed by atoms with van der Waals surface area (Å²) in [4.78, 5) is 12.4. The van der Waals surface area contributed by atoms with Gasteiger partial charge in [-0.2, -0.15) is 5.10 Å². The molecular weight excluding hydrogens is 304 g/mol. The van der Waals surface area contributed by atoms with Crippen LogP contribution in [0.25, 0.3) is 11.3 Å². The molecule has 3 rings (SSSR count). The molecule has 1 N–H and O–H groups in total. The Morgan fingerprint density at radius 2 is 2.04 bits per heavy atom. The number of carbonyl (C=O) groups is 1. The third-order valence-corrected chi connectivity index (χ3v) is 3.92. The maximum absolute atomic E-state index is 12.4. The van der Waals surface area contributed by atoms with Crippen LogP contribution in [-0.2, 0) is 6.54 Å². The van der Waals surface area contributed by atoms with Crippen LogP contribution in [0.1, 0.15) is 41.6 Å². The molecule has 1 aromatic carbocycles. The van der Waals surface area contributed by atoms with E-state index in [0.29, 0.717) is 5.76 Å². The Morgan fingerprint density at radius 1 is 1.29 bits per heavy atom. The lowest BCUT2D eigenvalue weighted by atomic mass is 10.1. The smallest absolute Gasteiger partial charge is 0.274 e. The minimum Gasteiger partial charge on any atom is -0.355 e. The van der Waals surface area contributed by atoms with Crippen molar-refractivity contribution in [2.75, 3.05) is 0 Å². The number of hydrogen-bond acceptors (Lipinski definition) is 4. The number of nitrogens with zero attached hydrogens (tertiary/aromatic N) is 3. The first-order valence-corrected chi connectivity index (χ1v) is 7.94. The van der Waals surface area contributed by atoms with Gasteiger partial charge in [0.25, 0.3) is 5.91 Å². The summed E-state index contributed by atoms with van der Waals surface area (Å²) in [5, 5.41) is 11.0. The van der Waals surface area contributed by atoms with Gasteiger partial charge < -0.3 is 9.84 Å². The van der Waals surface area contributed by atoms with E-state index >= 15 is 0 Å². The third kappa shape index (κ3) is 3.22. The molecule has 0 saturated heterocycles. The lowest BCUT2D eigenvalue weighted by Gasteiger charge is -2.14. The molecule has 24 heavy (non-hydrogen) atoms. The zero-order valence-electron chi connectivity index (χ0n) is 14.0. The molecule has 0 spiro atoms. The van der Waals surface area contributed by atoms with Crippen LogP contribution < -0.4 is 5.32 Å². The van der Waals surface area contributed by atoms with E-state index in [4.69, 9.17) is 4.52 Å². The van der Waals surface area contributed by atoms with Gasteiger partial charge in [0.1, 0.15) is 0 Å². The molecule has 0 aliphatic carbocycles. The van der Waals surface area contributed by atoms with Crippen molar-refractivity contribution in [2.45, 2.75) is 33.4 Å². The van der Waals surface area contributed by atoms with Crippen LogP contribution in [0.3, 0.4) is 0 Å². The van der Waals surface area contributed by atoms with E-state index in [1.807, 2.05) is 55.8 Å². The second-order valence-electron chi connectivity index (χ2n) is 5.71. The molecule has 2 aromatic heterocycles. The lowest BCUT2D eigenvalue weighted by Crippen LogP contribution is -2.28. The van der Waals surface area contributed by atoms with Crippen molar-refractivity contribution in [1.29, 1.82) is 0 Å². The SMILES string of the molecule is CCn1nccc1C(C)NC(=O)c1cc(-c2ccc(C)cc2)on1. The van der Waals surface area contributed by atoms with Gasteiger partial charge in [-0.3, -0.25) is 9.48 Å². The van der Waals surface area contributed by atoms with Gasteiger partial charge in [0.2, 0.25) is 0 Å². The highest BCUT2D eigenvalue weighted by molar-refractivity contribution is 5.93. The summed E-state index contributed by atoms with van der Waals surface area (Å²) >= 11 is 0. The Kier molecular flexibility index (Phi) is 4.46. The predicted octanol–water partition coefficient (Wildman–Crippen LogP) is 3.36. The minimum atomic E-state index is -0.270. The minimum absolute atomic E-state index is 0.167. The molecule has 1 amide bonds. The fourth-order valence-electron chi connectivity index (χ4n) is 2.56. The van der Waals surface area contributed by atoms with Crippen LogP contribution in [0.5, 0.6) is 0 Å². The first-order chi connectivity index (χ1) is 11.6. The van der Waals surface area contributed by atoms with Crippen LogP contribution >= 0.6 is 0 Å². The highest BCUT2D eigenvalue weighted by atomic mass is 16.5. The molecule has 1 unspecified atom stereocenters. The molecule has 0 bridgehead atoms. The average Bonchev–Trinajstić information content (AvgIpc) is 3.24. The highest BCUT2D eigenvalue weighted by Crippen LogP contribution is 2.21. The molecule has 1 atom stereocenters. The zero-order valence-corrected chi connectivity index (χ0v) is 14.0. The largest absolute Gasteiger partial charge is 0.355 e. The summed E-state index contributed by atoms with van der Waals surface area (Å²) in [6.07, 6.45) is 1.73. The van der Waals surface area contributed by atoms with Crippen LogP contribution in [0.2, 0.25) is 0 Å². The Bertz CT molecular complexity index is 833. The number of hydrogen-bond donors (Lipinski definition) is 1. The Labute approximate surface area is 140 Å². The number of amides is 1. The second kappa shape index (κ2) is 6.70. The van der Waals surface area contributed by atoms with Gasteiger partial charge in [-0.25, -0.2) is 0 Å². The fraction of sp³-hybridized carbons (Fsp3) is 0.278. The molecule has 0 aliphatic heterocycles. The first-order valence-electron chi connectivity index (χ1n) is 7.94. The van der Waals surface area contributed by atoms with E-state index in [2.05, 4.69) is 15.6 Å². The van der Waals surface area contributed by atoms with Crippen LogP contribution in [-0.4, -0.2) is 20.8 Å². The number of rotatable bonds is 5. The topological polar surface area (TPSA) is 73.0 Å². The number of aryl methyl sites for hydroxylation is 2. The Balaban J connectivity index is 1.73. The molecule has 0 fully saturated rings. The number of nitrogens with one attached hydrogen (secondary N) is 1. The second-order valence-corrected chi connectivity index (χ2v) is 5.71. The number of aromatic nitrogens is 3. The summed E-state index contributed by atoms with van der Waals surface area (Å²) in [6.45, 7) is 6.70. The standard InChI is InChI=1S/C18H20N4O2/c1-4-22-16(9-10-19-22)13(3)20-18(23)15-11-17(24-21-15)14-7-5-12(2)6-8-14/h5-11,13H,4H2,1-3H3,(H,20,23). The summed E-state index contributed by atoms with van der Waals surface area (Å²) in [5.41, 5.74) is 3.27. The lowest BCUT2D eigenvalue weighted by molar-refractivity contribution is 0.0929. The number of benzene rings is 1. The van der Waals surface area contributed by atoms with Crippen molar-refractivity contribution in [3.05, 3.63) is 59.5 Å². The maximum atomic E-state index is 12.4. The average molecular weight is 324 g/mol. The molecule has 0 radical (unpaired) electrons. The quantitative estimate of drug-likeness (QED) is 0.781. The molecule has 6 nitrogen and oxygen atoms in total. The summed E-state index contributed by atoms with van der Waals surface area (Å²) in [5.74, 6) is 0.305. The molecule has 0 saturated carbocycles. The molecule has 2 heterocycles. The van der Waals surface area contributed by atoms with Crippen molar-refractivity contribution in [1.82, 2.24) is 20.3 Å². The molecule has 0 aliphatic rings. The molecule has 124 valence electrons. The van der Waals surface area contributed by atoms with E-state index in [-0.39, 0.29) is 17.6 Å².